The predicted molar refractivity (Wildman–Crippen MR) is 260 cm³/mol. The van der Waals surface area contributed by atoms with Crippen LogP contribution in [0.3, 0.4) is 0 Å². The molecule has 0 aliphatic heterocycles. The van der Waals surface area contributed by atoms with E-state index in [4.69, 9.17) is 15.0 Å². The monoisotopic (exact) mass is 808 g/mol. The molecule has 9 aromatic carbocycles. The lowest BCUT2D eigenvalue weighted by atomic mass is 10.00. The number of para-hydroxylation sites is 1. The van der Waals surface area contributed by atoms with Gasteiger partial charge in [-0.25, -0.2) is 15.0 Å². The van der Waals surface area contributed by atoms with Gasteiger partial charge in [0.1, 0.15) is 0 Å². The normalized spacial score (nSPS) is 11.5. The maximum atomic E-state index is 5.31. The summed E-state index contributed by atoms with van der Waals surface area (Å²) in [5.74, 6) is 1.86. The number of aromatic nitrogens is 4. The first-order valence-corrected chi connectivity index (χ1v) is 21.7. The number of benzene rings is 9. The van der Waals surface area contributed by atoms with Crippen LogP contribution in [0.5, 0.6) is 0 Å². The molecule has 3 aromatic heterocycles. The van der Waals surface area contributed by atoms with Crippen LogP contribution in [0.1, 0.15) is 0 Å². The molecule has 62 heavy (non-hydrogen) atoms. The number of rotatable bonds is 7. The number of hydrogen-bond acceptors (Lipinski definition) is 4. The van der Waals surface area contributed by atoms with Crippen molar-refractivity contribution in [2.24, 2.45) is 0 Å². The third kappa shape index (κ3) is 6.18. The Morgan fingerprint density at radius 3 is 1.63 bits per heavy atom. The van der Waals surface area contributed by atoms with Gasteiger partial charge < -0.3 is 4.57 Å². The van der Waals surface area contributed by atoms with Gasteiger partial charge in [-0.2, -0.15) is 0 Å². The van der Waals surface area contributed by atoms with Crippen molar-refractivity contribution in [1.82, 2.24) is 19.5 Å². The number of thiophene rings is 1. The molecule has 0 fully saturated rings. The first-order chi connectivity index (χ1) is 30.7. The van der Waals surface area contributed by atoms with E-state index in [1.165, 1.54) is 47.6 Å². The Kier molecular flexibility index (Phi) is 8.65. The average molecular weight is 809 g/mol. The van der Waals surface area contributed by atoms with E-state index in [0.717, 1.165) is 50.1 Å². The minimum atomic E-state index is 0.609. The summed E-state index contributed by atoms with van der Waals surface area (Å²) in [6.45, 7) is 0. The molecule has 0 N–H and O–H groups in total. The molecule has 5 heteroatoms. The zero-order valence-electron chi connectivity index (χ0n) is 33.5. The highest BCUT2D eigenvalue weighted by molar-refractivity contribution is 7.26. The lowest BCUT2D eigenvalue weighted by molar-refractivity contribution is 1.07. The largest absolute Gasteiger partial charge is 0.309 e. The van der Waals surface area contributed by atoms with Crippen LogP contribution in [-0.4, -0.2) is 19.5 Å². The van der Waals surface area contributed by atoms with E-state index < -0.39 is 0 Å². The lowest BCUT2D eigenvalue weighted by Gasteiger charge is -2.17. The molecule has 0 saturated carbocycles. The van der Waals surface area contributed by atoms with E-state index in [0.29, 0.717) is 17.5 Å². The van der Waals surface area contributed by atoms with Crippen molar-refractivity contribution >= 4 is 53.3 Å². The van der Waals surface area contributed by atoms with Crippen molar-refractivity contribution in [2.45, 2.75) is 0 Å². The average Bonchev–Trinajstić information content (AvgIpc) is 3.90. The maximum Gasteiger partial charge on any atom is 0.164 e. The van der Waals surface area contributed by atoms with Crippen LogP contribution in [0, 0.1) is 0 Å². The Balaban J connectivity index is 1.07. The summed E-state index contributed by atoms with van der Waals surface area (Å²) in [7, 11) is 0. The van der Waals surface area contributed by atoms with E-state index in [-0.39, 0.29) is 0 Å². The molecule has 290 valence electrons. The van der Waals surface area contributed by atoms with Crippen LogP contribution in [0.4, 0.5) is 0 Å². The molecule has 0 aliphatic carbocycles. The van der Waals surface area contributed by atoms with Crippen molar-refractivity contribution in [3.8, 4) is 73.2 Å². The van der Waals surface area contributed by atoms with Crippen LogP contribution >= 0.6 is 11.3 Å². The van der Waals surface area contributed by atoms with Gasteiger partial charge in [0.25, 0.3) is 0 Å². The second kappa shape index (κ2) is 14.9. The molecule has 0 aliphatic rings. The van der Waals surface area contributed by atoms with Gasteiger partial charge in [-0.1, -0.05) is 188 Å². The second-order valence-electron chi connectivity index (χ2n) is 15.6. The molecule has 0 radical (unpaired) electrons. The minimum absolute atomic E-state index is 0.609. The first-order valence-electron chi connectivity index (χ1n) is 20.8. The molecular formula is C57H36N4S. The molecule has 4 nitrogen and oxygen atoms in total. The standard InChI is InChI=1S/C57H36N4S/c1-4-16-37(17-5-1)40-30-33-47-46-24-10-12-28-50(46)61(52(47)35-40)51-36-43(31-32-44(51)38-18-6-2-7-19-38)57-59-55(39-20-8-3-9-21-39)58-56(60-57)42-23-14-22-41(34-42)45-26-15-27-49-48-25-11-13-29-53(48)62-54(45)49/h1-36H. The Morgan fingerprint density at radius 1 is 0.306 bits per heavy atom. The van der Waals surface area contributed by atoms with Crippen LogP contribution in [0.25, 0.3) is 115 Å². The SMILES string of the molecule is c1ccc(-c2ccc3c4ccccc4n(-c4cc(-c5nc(-c6ccccc6)nc(-c6cccc(-c7cccc8c7sc7ccccc78)c6)n5)ccc4-c4ccccc4)c3c2)cc1. The minimum Gasteiger partial charge on any atom is -0.309 e. The Morgan fingerprint density at radius 2 is 0.855 bits per heavy atom. The molecule has 0 spiro atoms. The predicted octanol–water partition coefficient (Wildman–Crippen LogP) is 15.3. The van der Waals surface area contributed by atoms with E-state index in [2.05, 4.69) is 205 Å². The molecule has 12 rings (SSSR count). The summed E-state index contributed by atoms with van der Waals surface area (Å²) >= 11 is 1.84. The van der Waals surface area contributed by atoms with Crippen LogP contribution in [-0.2, 0) is 0 Å². The van der Waals surface area contributed by atoms with E-state index >= 15 is 0 Å². The highest BCUT2D eigenvalue weighted by atomic mass is 32.1. The number of fused-ring (bicyclic) bond motifs is 6. The Hall–Kier alpha value is -7.99. The van der Waals surface area contributed by atoms with Gasteiger partial charge in [0.2, 0.25) is 0 Å². The number of nitrogens with zero attached hydrogens (tertiary/aromatic N) is 4. The van der Waals surface area contributed by atoms with E-state index in [9.17, 15) is 0 Å². The Labute approximate surface area is 362 Å². The van der Waals surface area contributed by atoms with Crippen molar-refractivity contribution in [1.29, 1.82) is 0 Å². The van der Waals surface area contributed by atoms with Gasteiger partial charge in [0.05, 0.1) is 16.7 Å². The van der Waals surface area contributed by atoms with Crippen molar-refractivity contribution in [3.05, 3.63) is 218 Å². The summed E-state index contributed by atoms with van der Waals surface area (Å²) < 4.78 is 4.98. The molecule has 0 atom stereocenters. The topological polar surface area (TPSA) is 43.6 Å². The fraction of sp³-hybridized carbons (Fsp3) is 0. The molecule has 3 heterocycles. The van der Waals surface area contributed by atoms with Crippen LogP contribution in [0.2, 0.25) is 0 Å². The van der Waals surface area contributed by atoms with Crippen LogP contribution in [0.15, 0.2) is 218 Å². The summed E-state index contributed by atoms with van der Waals surface area (Å²) in [6, 6.07) is 77.5. The first kappa shape index (κ1) is 35.9. The van der Waals surface area contributed by atoms with Gasteiger partial charge in [-0.15, -0.1) is 11.3 Å². The lowest BCUT2D eigenvalue weighted by Crippen LogP contribution is -2.02. The third-order valence-electron chi connectivity index (χ3n) is 11.9. The molecule has 0 unspecified atom stereocenters. The van der Waals surface area contributed by atoms with Gasteiger partial charge >= 0.3 is 0 Å². The Bertz CT molecular complexity index is 3630. The summed E-state index contributed by atoms with van der Waals surface area (Å²) in [6.07, 6.45) is 0. The number of hydrogen-bond donors (Lipinski definition) is 0. The van der Waals surface area contributed by atoms with Crippen molar-refractivity contribution in [2.75, 3.05) is 0 Å². The van der Waals surface area contributed by atoms with Gasteiger partial charge in [-0.05, 0) is 58.1 Å². The quantitative estimate of drug-likeness (QED) is 0.161. The highest BCUT2D eigenvalue weighted by Crippen LogP contribution is 2.42. The van der Waals surface area contributed by atoms with E-state index in [1.807, 2.05) is 29.5 Å². The zero-order chi connectivity index (χ0) is 41.0. The highest BCUT2D eigenvalue weighted by Gasteiger charge is 2.20. The van der Waals surface area contributed by atoms with E-state index in [1.54, 1.807) is 0 Å². The fourth-order valence-electron chi connectivity index (χ4n) is 8.91. The second-order valence-corrected chi connectivity index (χ2v) is 16.6. The van der Waals surface area contributed by atoms with Crippen molar-refractivity contribution < 1.29 is 0 Å². The molecule has 0 amide bonds. The summed E-state index contributed by atoms with van der Waals surface area (Å²) in [5, 5.41) is 4.96. The fourth-order valence-corrected chi connectivity index (χ4v) is 10.1. The van der Waals surface area contributed by atoms with Gasteiger partial charge in [-0.3, -0.25) is 0 Å². The molecule has 12 aromatic rings. The summed E-state index contributed by atoms with van der Waals surface area (Å²) in [4.78, 5) is 15.7. The molecular weight excluding hydrogens is 773 g/mol. The zero-order valence-corrected chi connectivity index (χ0v) is 34.3. The third-order valence-corrected chi connectivity index (χ3v) is 13.1. The van der Waals surface area contributed by atoms with Crippen LogP contribution < -0.4 is 0 Å². The molecule has 0 saturated heterocycles. The summed E-state index contributed by atoms with van der Waals surface area (Å²) in [5.41, 5.74) is 13.0. The molecule has 0 bridgehead atoms. The van der Waals surface area contributed by atoms with Crippen molar-refractivity contribution in [3.63, 3.8) is 0 Å². The maximum absolute atomic E-state index is 5.31. The van der Waals surface area contributed by atoms with Gasteiger partial charge in [0, 0.05) is 53.2 Å². The smallest absolute Gasteiger partial charge is 0.164 e. The van der Waals surface area contributed by atoms with Gasteiger partial charge in [0.15, 0.2) is 17.5 Å².